The van der Waals surface area contributed by atoms with E-state index in [-0.39, 0.29) is 18.3 Å². The average Bonchev–Trinajstić information content (AvgIpc) is 2.94. The Labute approximate surface area is 117 Å². The maximum atomic E-state index is 12.3. The second kappa shape index (κ2) is 5.70. The van der Waals surface area contributed by atoms with Crippen molar-refractivity contribution in [2.24, 2.45) is 0 Å². The lowest BCUT2D eigenvalue weighted by atomic mass is 9.81. The van der Waals surface area contributed by atoms with Crippen molar-refractivity contribution in [3.8, 4) is 12.1 Å². The Bertz CT molecular complexity index is 572. The first-order chi connectivity index (χ1) is 9.61. The first-order valence-electron chi connectivity index (χ1n) is 6.59. The van der Waals surface area contributed by atoms with E-state index in [4.69, 9.17) is 5.26 Å². The lowest BCUT2D eigenvalue weighted by Crippen LogP contribution is -2.50. The third-order valence-corrected chi connectivity index (χ3v) is 3.84. The van der Waals surface area contributed by atoms with Gasteiger partial charge in [-0.15, -0.1) is 5.10 Å². The van der Waals surface area contributed by atoms with Crippen molar-refractivity contribution >= 4 is 5.91 Å². The zero-order chi connectivity index (χ0) is 14.6. The fourth-order valence-corrected chi connectivity index (χ4v) is 2.56. The van der Waals surface area contributed by atoms with Crippen molar-refractivity contribution in [2.75, 3.05) is 7.05 Å². The molecule has 0 unspecified atom stereocenters. The Morgan fingerprint density at radius 2 is 2.15 bits per heavy atom. The minimum atomic E-state index is -0.700. The van der Waals surface area contributed by atoms with E-state index in [1.807, 2.05) is 6.07 Å². The second-order valence-corrected chi connectivity index (χ2v) is 5.03. The van der Waals surface area contributed by atoms with Crippen molar-refractivity contribution < 1.29 is 4.79 Å². The molecule has 1 heterocycles. The molecular weight excluding hydrogens is 256 g/mol. The highest BCUT2D eigenvalue weighted by Gasteiger charge is 2.38. The van der Waals surface area contributed by atoms with E-state index in [0.29, 0.717) is 12.8 Å². The van der Waals surface area contributed by atoms with Crippen LogP contribution in [-0.4, -0.2) is 38.2 Å². The third-order valence-electron chi connectivity index (χ3n) is 3.84. The fraction of sp³-hybridized carbons (Fsp3) is 0.615. The second-order valence-electron chi connectivity index (χ2n) is 5.03. The van der Waals surface area contributed by atoms with Crippen molar-refractivity contribution in [2.45, 2.75) is 44.2 Å². The Morgan fingerprint density at radius 1 is 1.45 bits per heavy atom. The van der Waals surface area contributed by atoms with E-state index in [9.17, 15) is 10.1 Å². The molecular formula is C13H16N6O. The number of carbonyl (C=O) groups excluding carboxylic acids is 1. The van der Waals surface area contributed by atoms with E-state index in [1.54, 1.807) is 7.05 Å². The van der Waals surface area contributed by atoms with Gasteiger partial charge >= 0.3 is 0 Å². The molecule has 1 aromatic heterocycles. The molecule has 1 aliphatic rings. The Morgan fingerprint density at radius 3 is 2.70 bits per heavy atom. The Kier molecular flexibility index (Phi) is 3.99. The van der Waals surface area contributed by atoms with Gasteiger partial charge in [0.05, 0.1) is 6.07 Å². The first-order valence-corrected chi connectivity index (χ1v) is 6.59. The average molecular weight is 272 g/mol. The van der Waals surface area contributed by atoms with Gasteiger partial charge in [0.2, 0.25) is 5.91 Å². The van der Waals surface area contributed by atoms with Crippen molar-refractivity contribution in [3.63, 3.8) is 0 Å². The molecule has 0 bridgehead atoms. The topological polar surface area (TPSA) is 98.6 Å². The fourth-order valence-electron chi connectivity index (χ4n) is 2.56. The molecule has 0 atom stereocenters. The van der Waals surface area contributed by atoms with Gasteiger partial charge in [-0.25, -0.2) is 9.67 Å². The molecule has 7 nitrogen and oxygen atoms in total. The molecule has 1 fully saturated rings. The Balaban J connectivity index is 2.08. The van der Waals surface area contributed by atoms with E-state index < -0.39 is 5.54 Å². The first kappa shape index (κ1) is 14.0. The summed E-state index contributed by atoms with van der Waals surface area (Å²) in [6.07, 6.45) is 5.82. The number of nitrogens with zero attached hydrogens (tertiary/aromatic N) is 6. The summed E-state index contributed by atoms with van der Waals surface area (Å²) in [5.41, 5.74) is -0.700. The van der Waals surface area contributed by atoms with Crippen LogP contribution in [-0.2, 0) is 11.3 Å². The van der Waals surface area contributed by atoms with E-state index in [0.717, 1.165) is 19.3 Å². The maximum absolute atomic E-state index is 12.3. The van der Waals surface area contributed by atoms with Crippen LogP contribution in [0, 0.1) is 22.7 Å². The highest BCUT2D eigenvalue weighted by molar-refractivity contribution is 5.77. The molecule has 1 amide bonds. The molecule has 104 valence electrons. The molecule has 7 heteroatoms. The molecule has 0 aliphatic heterocycles. The molecule has 2 rings (SSSR count). The minimum absolute atomic E-state index is 0.00535. The number of rotatable bonds is 3. The van der Waals surface area contributed by atoms with Crippen LogP contribution in [0.1, 0.15) is 37.9 Å². The molecule has 0 aromatic carbocycles. The molecule has 0 spiro atoms. The maximum Gasteiger partial charge on any atom is 0.252 e. The highest BCUT2D eigenvalue weighted by atomic mass is 16.2. The molecule has 1 aromatic rings. The standard InChI is InChI=1S/C13H16N6O/c1-18(13(9-15)5-3-2-4-6-13)12(20)8-19-10-16-11(7-14)17-19/h10H,2-6,8H2,1H3. The summed E-state index contributed by atoms with van der Waals surface area (Å²) in [5, 5.41) is 22.0. The Hall–Kier alpha value is -2.41. The van der Waals surface area contributed by atoms with Crippen LogP contribution in [0.3, 0.4) is 0 Å². The number of likely N-dealkylation sites (N-methyl/N-ethyl adjacent to an activating group) is 1. The predicted molar refractivity (Wildman–Crippen MR) is 68.9 cm³/mol. The quantitative estimate of drug-likeness (QED) is 0.811. The van der Waals surface area contributed by atoms with Crippen LogP contribution in [0.2, 0.25) is 0 Å². The largest absolute Gasteiger partial charge is 0.325 e. The van der Waals surface area contributed by atoms with Crippen molar-refractivity contribution in [3.05, 3.63) is 12.2 Å². The van der Waals surface area contributed by atoms with Crippen LogP contribution >= 0.6 is 0 Å². The zero-order valence-corrected chi connectivity index (χ0v) is 11.4. The van der Waals surface area contributed by atoms with Gasteiger partial charge in [-0.2, -0.15) is 10.5 Å². The van der Waals surface area contributed by atoms with E-state index in [2.05, 4.69) is 16.2 Å². The molecule has 0 N–H and O–H groups in total. The van der Waals surface area contributed by atoms with Gasteiger partial charge in [0.25, 0.3) is 5.82 Å². The van der Waals surface area contributed by atoms with Gasteiger partial charge in [-0.3, -0.25) is 4.79 Å². The van der Waals surface area contributed by atoms with Gasteiger partial charge in [-0.1, -0.05) is 19.3 Å². The van der Waals surface area contributed by atoms with Crippen LogP contribution < -0.4 is 0 Å². The van der Waals surface area contributed by atoms with Crippen LogP contribution in [0.15, 0.2) is 6.33 Å². The number of amides is 1. The summed E-state index contributed by atoms with van der Waals surface area (Å²) < 4.78 is 1.32. The summed E-state index contributed by atoms with van der Waals surface area (Å²) in [6.45, 7) is -0.00535. The van der Waals surface area contributed by atoms with E-state index in [1.165, 1.54) is 15.9 Å². The number of nitriles is 2. The summed E-state index contributed by atoms with van der Waals surface area (Å²) in [6, 6.07) is 4.12. The summed E-state index contributed by atoms with van der Waals surface area (Å²) >= 11 is 0. The van der Waals surface area contributed by atoms with Crippen molar-refractivity contribution in [1.82, 2.24) is 19.7 Å². The lowest BCUT2D eigenvalue weighted by molar-refractivity contribution is -0.135. The van der Waals surface area contributed by atoms with Crippen LogP contribution in [0.25, 0.3) is 0 Å². The summed E-state index contributed by atoms with van der Waals surface area (Å²) in [7, 11) is 1.67. The van der Waals surface area contributed by atoms with Gasteiger partial charge < -0.3 is 4.90 Å². The number of hydrogen-bond acceptors (Lipinski definition) is 5. The van der Waals surface area contributed by atoms with Gasteiger partial charge in [0.15, 0.2) is 0 Å². The van der Waals surface area contributed by atoms with Gasteiger partial charge in [-0.05, 0) is 12.8 Å². The SMILES string of the molecule is CN(C(=O)Cn1cnc(C#N)n1)C1(C#N)CCCCC1. The summed E-state index contributed by atoms with van der Waals surface area (Å²) in [4.78, 5) is 17.6. The summed E-state index contributed by atoms with van der Waals surface area (Å²) in [5.74, 6) is -0.157. The van der Waals surface area contributed by atoms with Gasteiger partial charge in [0.1, 0.15) is 24.5 Å². The highest BCUT2D eigenvalue weighted by Crippen LogP contribution is 2.32. The normalized spacial score (nSPS) is 16.9. The van der Waals surface area contributed by atoms with Crippen molar-refractivity contribution in [1.29, 1.82) is 10.5 Å². The zero-order valence-electron chi connectivity index (χ0n) is 11.4. The molecule has 1 aliphatic carbocycles. The van der Waals surface area contributed by atoms with Crippen LogP contribution in [0.4, 0.5) is 0 Å². The smallest absolute Gasteiger partial charge is 0.252 e. The number of carbonyl (C=O) groups is 1. The number of aromatic nitrogens is 3. The number of hydrogen-bond donors (Lipinski definition) is 0. The van der Waals surface area contributed by atoms with Crippen LogP contribution in [0.5, 0.6) is 0 Å². The van der Waals surface area contributed by atoms with E-state index >= 15 is 0 Å². The lowest BCUT2D eigenvalue weighted by Gasteiger charge is -2.38. The van der Waals surface area contributed by atoms with Gasteiger partial charge in [0, 0.05) is 7.05 Å². The molecule has 20 heavy (non-hydrogen) atoms. The molecule has 0 radical (unpaired) electrons. The monoisotopic (exact) mass is 272 g/mol. The molecule has 0 saturated heterocycles. The predicted octanol–water partition coefficient (Wildman–Crippen LogP) is 0.835. The third kappa shape index (κ3) is 2.62. The minimum Gasteiger partial charge on any atom is -0.325 e. The molecule has 1 saturated carbocycles.